The number of rotatable bonds is 6. The van der Waals surface area contributed by atoms with Gasteiger partial charge in [-0.15, -0.1) is 0 Å². The Morgan fingerprint density at radius 2 is 1.71 bits per heavy atom. The molecule has 0 fully saturated rings. The van der Waals surface area contributed by atoms with Crippen LogP contribution in [-0.2, 0) is 12.8 Å². The van der Waals surface area contributed by atoms with E-state index in [1.807, 2.05) is 0 Å². The summed E-state index contributed by atoms with van der Waals surface area (Å²) in [5.74, 6) is 0.752. The normalized spacial score (nSPS) is 22.3. The van der Waals surface area contributed by atoms with Gasteiger partial charge in [0.2, 0.25) is 0 Å². The number of allylic oxidation sites excluding steroid dienone is 5. The molecule has 1 nitrogen and oxygen atoms in total. The van der Waals surface area contributed by atoms with Crippen LogP contribution in [0.1, 0.15) is 57.7 Å². The van der Waals surface area contributed by atoms with Crippen LogP contribution in [0.15, 0.2) is 71.6 Å². The van der Waals surface area contributed by atoms with Gasteiger partial charge in [0.15, 0.2) is 0 Å². The Kier molecular flexibility index (Phi) is 6.13. The highest BCUT2D eigenvalue weighted by Crippen LogP contribution is 2.47. The predicted octanol–water partition coefficient (Wildman–Crippen LogP) is 7.09. The minimum Gasteiger partial charge on any atom is -0.345 e. The topological polar surface area (TPSA) is 3.24 Å². The van der Waals surface area contributed by atoms with Crippen molar-refractivity contribution in [1.29, 1.82) is 0 Å². The molecule has 1 aromatic carbocycles. The van der Waals surface area contributed by atoms with Crippen LogP contribution in [0.4, 0.5) is 0 Å². The van der Waals surface area contributed by atoms with E-state index in [0.29, 0.717) is 11.8 Å². The van der Waals surface area contributed by atoms with Gasteiger partial charge in [0.25, 0.3) is 0 Å². The highest BCUT2D eigenvalue weighted by Gasteiger charge is 2.36. The van der Waals surface area contributed by atoms with Crippen LogP contribution >= 0.6 is 0 Å². The first-order valence-electron chi connectivity index (χ1n) is 10.9. The molecule has 2 aliphatic rings. The van der Waals surface area contributed by atoms with E-state index >= 15 is 0 Å². The Hall–Kier alpha value is -2.28. The largest absolute Gasteiger partial charge is 0.345 e. The maximum atomic E-state index is 4.47. The van der Waals surface area contributed by atoms with E-state index in [4.69, 9.17) is 0 Å². The van der Waals surface area contributed by atoms with Gasteiger partial charge >= 0.3 is 0 Å². The smallest absolute Gasteiger partial charge is 0.0452 e. The molecule has 3 rings (SSSR count). The second-order valence-corrected chi connectivity index (χ2v) is 7.96. The fourth-order valence-corrected chi connectivity index (χ4v) is 4.81. The fraction of sp³-hybridized carbons (Fsp3) is 0.407. The average molecular weight is 374 g/mol. The zero-order valence-corrected chi connectivity index (χ0v) is 18.3. The molecule has 1 heteroatoms. The van der Waals surface area contributed by atoms with Gasteiger partial charge < -0.3 is 4.90 Å². The SMILES string of the molecule is C=C1C2=C(C=C(/C=C/c3ccc(CC)c(CC)c3)C2C)N(CC)C(=C)C1CC. The third-order valence-corrected chi connectivity index (χ3v) is 6.50. The average Bonchev–Trinajstić information content (AvgIpc) is 3.03. The Morgan fingerprint density at radius 3 is 2.32 bits per heavy atom. The first-order chi connectivity index (χ1) is 13.5. The van der Waals surface area contributed by atoms with Gasteiger partial charge in [0.05, 0.1) is 0 Å². The monoisotopic (exact) mass is 373 g/mol. The minimum atomic E-state index is 0.367. The van der Waals surface area contributed by atoms with E-state index in [0.717, 1.165) is 25.8 Å². The maximum Gasteiger partial charge on any atom is 0.0452 e. The second-order valence-electron chi connectivity index (χ2n) is 7.96. The zero-order chi connectivity index (χ0) is 20.4. The maximum absolute atomic E-state index is 4.47. The summed E-state index contributed by atoms with van der Waals surface area (Å²) in [6, 6.07) is 6.87. The molecule has 0 aromatic heterocycles. The molecule has 0 amide bonds. The highest BCUT2D eigenvalue weighted by molar-refractivity contribution is 5.62. The van der Waals surface area contributed by atoms with Gasteiger partial charge in [-0.05, 0) is 65.7 Å². The van der Waals surface area contributed by atoms with Crippen LogP contribution in [0.5, 0.6) is 0 Å². The van der Waals surface area contributed by atoms with Crippen molar-refractivity contribution in [3.05, 3.63) is 88.3 Å². The minimum absolute atomic E-state index is 0.367. The van der Waals surface area contributed by atoms with Crippen LogP contribution < -0.4 is 0 Å². The summed E-state index contributed by atoms with van der Waals surface area (Å²) in [5, 5.41) is 0. The summed E-state index contributed by atoms with van der Waals surface area (Å²) in [5.41, 5.74) is 10.8. The van der Waals surface area contributed by atoms with E-state index in [2.05, 4.69) is 89.1 Å². The summed E-state index contributed by atoms with van der Waals surface area (Å²) in [6.45, 7) is 21.1. The summed E-state index contributed by atoms with van der Waals surface area (Å²) in [4.78, 5) is 2.39. The van der Waals surface area contributed by atoms with Gasteiger partial charge in [-0.25, -0.2) is 0 Å². The van der Waals surface area contributed by atoms with Gasteiger partial charge in [-0.1, -0.05) is 71.2 Å². The summed E-state index contributed by atoms with van der Waals surface area (Å²) >= 11 is 0. The molecular formula is C27H35N. The van der Waals surface area contributed by atoms with E-state index in [1.165, 1.54) is 44.8 Å². The lowest BCUT2D eigenvalue weighted by Gasteiger charge is -2.39. The number of nitrogens with zero attached hydrogens (tertiary/aromatic N) is 1. The van der Waals surface area contributed by atoms with E-state index in [1.54, 1.807) is 0 Å². The first-order valence-corrected chi connectivity index (χ1v) is 10.9. The predicted molar refractivity (Wildman–Crippen MR) is 123 cm³/mol. The van der Waals surface area contributed by atoms with Crippen molar-refractivity contribution >= 4 is 6.08 Å². The summed E-state index contributed by atoms with van der Waals surface area (Å²) < 4.78 is 0. The van der Waals surface area contributed by atoms with Gasteiger partial charge in [0.1, 0.15) is 0 Å². The molecule has 148 valence electrons. The van der Waals surface area contributed by atoms with Crippen molar-refractivity contribution in [2.45, 2.75) is 53.9 Å². The third kappa shape index (κ3) is 3.43. The zero-order valence-electron chi connectivity index (χ0n) is 18.3. The second kappa shape index (κ2) is 8.39. The quantitative estimate of drug-likeness (QED) is 0.514. The van der Waals surface area contributed by atoms with Crippen LogP contribution in [-0.4, -0.2) is 11.4 Å². The molecule has 0 saturated heterocycles. The number of hydrogen-bond acceptors (Lipinski definition) is 1. The van der Waals surface area contributed by atoms with Crippen LogP contribution in [0.3, 0.4) is 0 Å². The Bertz CT molecular complexity index is 878. The standard InChI is InChI=1S/C27H35N/c1-8-22-14-12-21(16-23(22)9-2)13-15-24-17-26-27(18(24)5)19(6)25(10-3)20(7)28(26)11-4/h12-18,25H,6-11H2,1-5H3/b15-13+. The van der Waals surface area contributed by atoms with Crippen molar-refractivity contribution in [2.24, 2.45) is 11.8 Å². The molecule has 1 aliphatic heterocycles. The lowest BCUT2D eigenvalue weighted by Crippen LogP contribution is -2.32. The molecule has 0 radical (unpaired) electrons. The molecular weight excluding hydrogens is 338 g/mol. The lowest BCUT2D eigenvalue weighted by molar-refractivity contribution is 0.385. The van der Waals surface area contributed by atoms with E-state index in [9.17, 15) is 0 Å². The molecule has 1 heterocycles. The van der Waals surface area contributed by atoms with Crippen LogP contribution in [0, 0.1) is 11.8 Å². The fourth-order valence-electron chi connectivity index (χ4n) is 4.81. The number of hydrogen-bond donors (Lipinski definition) is 0. The molecule has 0 bridgehead atoms. The van der Waals surface area contributed by atoms with Crippen molar-refractivity contribution in [2.75, 3.05) is 6.54 Å². The Balaban J connectivity index is 1.90. The van der Waals surface area contributed by atoms with Crippen molar-refractivity contribution in [3.8, 4) is 0 Å². The molecule has 2 unspecified atom stereocenters. The molecule has 2 atom stereocenters. The third-order valence-electron chi connectivity index (χ3n) is 6.50. The molecule has 0 spiro atoms. The van der Waals surface area contributed by atoms with Crippen molar-refractivity contribution < 1.29 is 0 Å². The van der Waals surface area contributed by atoms with Crippen molar-refractivity contribution in [3.63, 3.8) is 0 Å². The highest BCUT2D eigenvalue weighted by atomic mass is 15.2. The van der Waals surface area contributed by atoms with E-state index in [-0.39, 0.29) is 0 Å². The molecule has 1 aromatic rings. The van der Waals surface area contributed by atoms with Crippen LogP contribution in [0.2, 0.25) is 0 Å². The lowest BCUT2D eigenvalue weighted by atomic mass is 9.80. The molecule has 0 saturated carbocycles. The Morgan fingerprint density at radius 1 is 1.00 bits per heavy atom. The number of benzene rings is 1. The Labute approximate surface area is 171 Å². The summed E-state index contributed by atoms with van der Waals surface area (Å²) in [6.07, 6.45) is 10.2. The van der Waals surface area contributed by atoms with Gasteiger partial charge in [0, 0.05) is 29.8 Å². The molecule has 28 heavy (non-hydrogen) atoms. The van der Waals surface area contributed by atoms with Gasteiger partial charge in [-0.3, -0.25) is 0 Å². The van der Waals surface area contributed by atoms with E-state index < -0.39 is 0 Å². The first kappa shape index (κ1) is 20.5. The molecule has 1 aliphatic carbocycles. The van der Waals surface area contributed by atoms with Gasteiger partial charge in [-0.2, -0.15) is 0 Å². The number of likely N-dealkylation sites (N-methyl/N-ethyl adjacent to an activating group) is 1. The van der Waals surface area contributed by atoms with Crippen LogP contribution in [0.25, 0.3) is 6.08 Å². The molecule has 0 N–H and O–H groups in total. The number of aryl methyl sites for hydroxylation is 2. The summed E-state index contributed by atoms with van der Waals surface area (Å²) in [7, 11) is 0. The van der Waals surface area contributed by atoms with Crippen molar-refractivity contribution in [1.82, 2.24) is 4.90 Å².